The quantitative estimate of drug-likeness (QED) is 0.667. The first-order chi connectivity index (χ1) is 16.4. The monoisotopic (exact) mass is 467 g/mol. The van der Waals surface area contributed by atoms with Gasteiger partial charge in [0.1, 0.15) is 11.4 Å². The number of rotatable bonds is 6. The molecule has 2 aliphatic heterocycles. The second kappa shape index (κ2) is 10.3. The highest BCUT2D eigenvalue weighted by molar-refractivity contribution is 5.97. The second-order valence-corrected chi connectivity index (χ2v) is 8.78. The molecule has 3 heterocycles. The van der Waals surface area contributed by atoms with Gasteiger partial charge in [-0.2, -0.15) is 4.98 Å². The summed E-state index contributed by atoms with van der Waals surface area (Å²) in [6.45, 7) is 5.34. The van der Waals surface area contributed by atoms with E-state index in [2.05, 4.69) is 32.5 Å². The van der Waals surface area contributed by atoms with Gasteiger partial charge in [-0.1, -0.05) is 0 Å². The normalized spacial score (nSPS) is 17.2. The number of piperidine rings is 1. The van der Waals surface area contributed by atoms with Crippen LogP contribution in [0.3, 0.4) is 0 Å². The number of aromatic nitrogens is 2. The molecule has 10 heteroatoms. The minimum Gasteiger partial charge on any atom is -0.495 e. The van der Waals surface area contributed by atoms with Gasteiger partial charge < -0.3 is 30.1 Å². The number of nitrogens with one attached hydrogen (secondary N) is 2. The van der Waals surface area contributed by atoms with Crippen LogP contribution in [-0.2, 0) is 4.79 Å². The average Bonchev–Trinajstić information content (AvgIpc) is 2.96. The van der Waals surface area contributed by atoms with Crippen molar-refractivity contribution in [1.29, 1.82) is 0 Å². The van der Waals surface area contributed by atoms with Crippen molar-refractivity contribution >= 4 is 35.0 Å². The fraction of sp³-hybridized carbons (Fsp3) is 0.500. The molecule has 1 aromatic heterocycles. The van der Waals surface area contributed by atoms with Crippen LogP contribution in [-0.4, -0.2) is 80.1 Å². The van der Waals surface area contributed by atoms with Gasteiger partial charge in [-0.25, -0.2) is 4.98 Å². The van der Waals surface area contributed by atoms with Crippen molar-refractivity contribution in [3.63, 3.8) is 0 Å². The molecular formula is C24H33N7O3. The van der Waals surface area contributed by atoms with E-state index in [0.29, 0.717) is 47.4 Å². The van der Waals surface area contributed by atoms with Gasteiger partial charge in [-0.3, -0.25) is 9.59 Å². The summed E-state index contributed by atoms with van der Waals surface area (Å²) in [5.74, 6) is 1.56. The van der Waals surface area contributed by atoms with Crippen molar-refractivity contribution in [3.05, 3.63) is 30.0 Å². The van der Waals surface area contributed by atoms with Gasteiger partial charge in [-0.05, 0) is 58.1 Å². The molecule has 0 unspecified atom stereocenters. The molecule has 0 aliphatic carbocycles. The molecule has 0 bridgehead atoms. The maximum absolute atomic E-state index is 12.8. The SMILES string of the molecule is CCN1CCC(=O)N(C)c2cnc(Nc3ccc(C(=O)NC4CCN(C)CC4)cc3OC)nc21. The van der Waals surface area contributed by atoms with E-state index < -0.39 is 0 Å². The molecule has 1 aromatic carbocycles. The van der Waals surface area contributed by atoms with E-state index in [1.807, 2.05) is 6.92 Å². The molecule has 2 amide bonds. The van der Waals surface area contributed by atoms with Crippen molar-refractivity contribution in [2.75, 3.05) is 62.5 Å². The lowest BCUT2D eigenvalue weighted by atomic mass is 10.0. The first-order valence-electron chi connectivity index (χ1n) is 11.7. The Kier molecular flexibility index (Phi) is 7.16. The van der Waals surface area contributed by atoms with E-state index in [9.17, 15) is 9.59 Å². The van der Waals surface area contributed by atoms with Crippen LogP contribution in [0.4, 0.5) is 23.1 Å². The third kappa shape index (κ3) is 5.06. The van der Waals surface area contributed by atoms with E-state index in [1.165, 1.54) is 0 Å². The van der Waals surface area contributed by atoms with Crippen molar-refractivity contribution in [3.8, 4) is 5.75 Å². The molecule has 0 radical (unpaired) electrons. The van der Waals surface area contributed by atoms with E-state index >= 15 is 0 Å². The Balaban J connectivity index is 1.52. The van der Waals surface area contributed by atoms with Gasteiger partial charge in [0.25, 0.3) is 5.91 Å². The number of fused-ring (bicyclic) bond motifs is 1. The highest BCUT2D eigenvalue weighted by atomic mass is 16.5. The van der Waals surface area contributed by atoms with Crippen molar-refractivity contribution in [2.24, 2.45) is 0 Å². The zero-order valence-corrected chi connectivity index (χ0v) is 20.3. The van der Waals surface area contributed by atoms with Gasteiger partial charge in [-0.15, -0.1) is 0 Å². The summed E-state index contributed by atoms with van der Waals surface area (Å²) in [4.78, 5) is 40.1. The Labute approximate surface area is 200 Å². The third-order valence-electron chi connectivity index (χ3n) is 6.53. The number of likely N-dealkylation sites (tertiary alicyclic amines) is 1. The lowest BCUT2D eigenvalue weighted by Crippen LogP contribution is -2.43. The lowest BCUT2D eigenvalue weighted by Gasteiger charge is -2.29. The number of carbonyl (C=O) groups is 2. The summed E-state index contributed by atoms with van der Waals surface area (Å²) in [7, 11) is 5.41. The smallest absolute Gasteiger partial charge is 0.251 e. The average molecular weight is 468 g/mol. The highest BCUT2D eigenvalue weighted by Gasteiger charge is 2.25. The molecule has 4 rings (SSSR count). The molecule has 34 heavy (non-hydrogen) atoms. The van der Waals surface area contributed by atoms with Crippen molar-refractivity contribution in [2.45, 2.75) is 32.2 Å². The predicted octanol–water partition coefficient (Wildman–Crippen LogP) is 2.25. The number of amides is 2. The molecule has 1 saturated heterocycles. The van der Waals surface area contributed by atoms with Gasteiger partial charge in [0.15, 0.2) is 5.82 Å². The van der Waals surface area contributed by atoms with E-state index in [1.54, 1.807) is 43.5 Å². The zero-order chi connectivity index (χ0) is 24.2. The number of nitrogens with zero attached hydrogens (tertiary/aromatic N) is 5. The maximum Gasteiger partial charge on any atom is 0.251 e. The van der Waals surface area contributed by atoms with Crippen LogP contribution < -0.4 is 25.2 Å². The summed E-state index contributed by atoms with van der Waals surface area (Å²) in [5, 5.41) is 6.33. The van der Waals surface area contributed by atoms with E-state index in [-0.39, 0.29) is 17.9 Å². The number of hydrogen-bond acceptors (Lipinski definition) is 8. The number of ether oxygens (including phenoxy) is 1. The van der Waals surface area contributed by atoms with Gasteiger partial charge in [0.05, 0.1) is 19.0 Å². The van der Waals surface area contributed by atoms with Crippen molar-refractivity contribution < 1.29 is 14.3 Å². The molecule has 0 saturated carbocycles. The summed E-state index contributed by atoms with van der Waals surface area (Å²) in [6.07, 6.45) is 3.99. The van der Waals surface area contributed by atoms with Crippen LogP contribution in [0.15, 0.2) is 24.4 Å². The van der Waals surface area contributed by atoms with Crippen LogP contribution in [0.2, 0.25) is 0 Å². The van der Waals surface area contributed by atoms with Gasteiger partial charge in [0, 0.05) is 38.2 Å². The standard InChI is InChI=1S/C24H33N7O3/c1-5-31-13-10-21(32)30(3)19-15-25-24(28-22(19)31)27-18-7-6-16(14-20(18)34-4)23(33)26-17-8-11-29(2)12-9-17/h6-7,14-15,17H,5,8-13H2,1-4H3,(H,26,33)(H,25,27,28). The summed E-state index contributed by atoms with van der Waals surface area (Å²) < 4.78 is 5.55. The number of benzene rings is 1. The first-order valence-corrected chi connectivity index (χ1v) is 11.7. The fourth-order valence-corrected chi connectivity index (χ4v) is 4.32. The fourth-order valence-electron chi connectivity index (χ4n) is 4.32. The molecule has 0 spiro atoms. The zero-order valence-electron chi connectivity index (χ0n) is 20.3. The largest absolute Gasteiger partial charge is 0.495 e. The topological polar surface area (TPSA) is 103 Å². The van der Waals surface area contributed by atoms with Crippen LogP contribution in [0.1, 0.15) is 36.5 Å². The van der Waals surface area contributed by atoms with E-state index in [0.717, 1.165) is 32.5 Å². The number of carbonyl (C=O) groups excluding carboxylic acids is 2. The molecular weight excluding hydrogens is 434 g/mol. The Bertz CT molecular complexity index is 1050. The Morgan fingerprint density at radius 1 is 1.21 bits per heavy atom. The molecule has 2 aliphatic rings. The third-order valence-corrected chi connectivity index (χ3v) is 6.53. The van der Waals surface area contributed by atoms with Crippen molar-refractivity contribution in [1.82, 2.24) is 20.2 Å². The Morgan fingerprint density at radius 2 is 1.97 bits per heavy atom. The number of methoxy groups -OCH3 is 1. The molecule has 2 aromatic rings. The van der Waals surface area contributed by atoms with Crippen LogP contribution in [0.25, 0.3) is 0 Å². The van der Waals surface area contributed by atoms with Gasteiger partial charge in [0.2, 0.25) is 11.9 Å². The number of anilines is 4. The van der Waals surface area contributed by atoms with Gasteiger partial charge >= 0.3 is 0 Å². The first kappa shape index (κ1) is 23.7. The minimum atomic E-state index is -0.105. The summed E-state index contributed by atoms with van der Waals surface area (Å²) in [6, 6.07) is 5.47. The maximum atomic E-state index is 12.8. The molecule has 182 valence electrons. The molecule has 10 nitrogen and oxygen atoms in total. The second-order valence-electron chi connectivity index (χ2n) is 8.78. The molecule has 2 N–H and O–H groups in total. The molecule has 1 fully saturated rings. The highest BCUT2D eigenvalue weighted by Crippen LogP contribution is 2.33. The van der Waals surface area contributed by atoms with Crippen LogP contribution in [0, 0.1) is 0 Å². The van der Waals surface area contributed by atoms with Crippen LogP contribution >= 0.6 is 0 Å². The summed E-state index contributed by atoms with van der Waals surface area (Å²) >= 11 is 0. The Hall–Kier alpha value is -3.40. The lowest BCUT2D eigenvalue weighted by molar-refractivity contribution is -0.118. The van der Waals surface area contributed by atoms with Crippen LogP contribution in [0.5, 0.6) is 5.75 Å². The predicted molar refractivity (Wildman–Crippen MR) is 132 cm³/mol. The van der Waals surface area contributed by atoms with E-state index in [4.69, 9.17) is 9.72 Å². The Morgan fingerprint density at radius 3 is 2.68 bits per heavy atom. The summed E-state index contributed by atoms with van der Waals surface area (Å²) in [5.41, 5.74) is 1.88. The minimum absolute atomic E-state index is 0.0392. The molecule has 0 atom stereocenters. The number of hydrogen-bond donors (Lipinski definition) is 2.